The lowest BCUT2D eigenvalue weighted by Gasteiger charge is -2.42. The van der Waals surface area contributed by atoms with Gasteiger partial charge < -0.3 is 15.0 Å². The van der Waals surface area contributed by atoms with Crippen molar-refractivity contribution in [2.24, 2.45) is 5.92 Å². The van der Waals surface area contributed by atoms with Crippen molar-refractivity contribution in [2.45, 2.75) is 37.5 Å². The number of hydrogen-bond donors (Lipinski definition) is 1. The quantitative estimate of drug-likeness (QED) is 0.860. The van der Waals surface area contributed by atoms with E-state index in [1.54, 1.807) is 7.11 Å². The van der Waals surface area contributed by atoms with Crippen molar-refractivity contribution >= 4 is 30.1 Å². The second-order valence-corrected chi connectivity index (χ2v) is 7.20. The van der Waals surface area contributed by atoms with Crippen LogP contribution >= 0.6 is 24.2 Å². The molecule has 0 aromatic heterocycles. The Balaban J connectivity index is 0.00000200. The number of ether oxygens (including phenoxy) is 1. The molecule has 2 rings (SSSR count). The van der Waals surface area contributed by atoms with Gasteiger partial charge in [-0.2, -0.15) is 11.8 Å². The smallest absolute Gasteiger partial charge is 0.254 e. The summed E-state index contributed by atoms with van der Waals surface area (Å²) in [5.74, 6) is 1.88. The first kappa shape index (κ1) is 18.1. The number of amides is 1. The highest BCUT2D eigenvalue weighted by molar-refractivity contribution is 8.00. The van der Waals surface area contributed by atoms with E-state index >= 15 is 0 Å². The van der Waals surface area contributed by atoms with E-state index in [1.165, 1.54) is 0 Å². The third-order valence-electron chi connectivity index (χ3n) is 4.32. The minimum Gasteiger partial charge on any atom is -0.368 e. The molecule has 1 amide bonds. The number of nitrogens with zero attached hydrogens (tertiary/aromatic N) is 1. The minimum atomic E-state index is -0.575. The molecule has 1 N–H and O–H groups in total. The molecule has 0 saturated carbocycles. The van der Waals surface area contributed by atoms with E-state index < -0.39 is 5.60 Å². The van der Waals surface area contributed by atoms with E-state index in [2.05, 4.69) is 19.2 Å². The van der Waals surface area contributed by atoms with Crippen LogP contribution in [-0.2, 0) is 9.53 Å². The molecule has 0 aliphatic carbocycles. The summed E-state index contributed by atoms with van der Waals surface area (Å²) in [6, 6.07) is 0. The van der Waals surface area contributed by atoms with E-state index in [4.69, 9.17) is 4.74 Å². The van der Waals surface area contributed by atoms with Crippen LogP contribution in [0.2, 0.25) is 0 Å². The van der Waals surface area contributed by atoms with E-state index in [-0.39, 0.29) is 18.3 Å². The number of methoxy groups -OCH3 is 1. The zero-order valence-electron chi connectivity index (χ0n) is 12.7. The van der Waals surface area contributed by atoms with Crippen LogP contribution in [0.4, 0.5) is 0 Å². The van der Waals surface area contributed by atoms with Gasteiger partial charge in [0.1, 0.15) is 5.60 Å². The van der Waals surface area contributed by atoms with Crippen LogP contribution in [0.1, 0.15) is 26.7 Å². The molecule has 4 nitrogen and oxygen atoms in total. The summed E-state index contributed by atoms with van der Waals surface area (Å²) in [7, 11) is 1.68. The number of hydrogen-bond acceptors (Lipinski definition) is 4. The van der Waals surface area contributed by atoms with Crippen molar-refractivity contribution in [1.82, 2.24) is 10.2 Å². The maximum atomic E-state index is 12.8. The van der Waals surface area contributed by atoms with Crippen LogP contribution in [0.15, 0.2) is 0 Å². The molecule has 2 aliphatic rings. The van der Waals surface area contributed by atoms with E-state index in [0.29, 0.717) is 11.2 Å². The molecule has 0 aromatic carbocycles. The van der Waals surface area contributed by atoms with Gasteiger partial charge in [-0.3, -0.25) is 4.79 Å². The molecule has 20 heavy (non-hydrogen) atoms. The predicted molar refractivity (Wildman–Crippen MR) is 86.8 cm³/mol. The molecule has 0 bridgehead atoms. The van der Waals surface area contributed by atoms with Gasteiger partial charge in [0.15, 0.2) is 0 Å². The summed E-state index contributed by atoms with van der Waals surface area (Å²) >= 11 is 2.00. The monoisotopic (exact) mass is 322 g/mol. The Labute approximate surface area is 132 Å². The van der Waals surface area contributed by atoms with Crippen LogP contribution in [0.3, 0.4) is 0 Å². The van der Waals surface area contributed by atoms with Gasteiger partial charge in [0.25, 0.3) is 5.91 Å². The molecule has 1 unspecified atom stereocenters. The fourth-order valence-electron chi connectivity index (χ4n) is 2.89. The van der Waals surface area contributed by atoms with E-state index in [0.717, 1.165) is 44.8 Å². The number of nitrogens with one attached hydrogen (secondary N) is 1. The number of halogens is 1. The summed E-state index contributed by atoms with van der Waals surface area (Å²) in [5.41, 5.74) is -0.575. The van der Waals surface area contributed by atoms with Crippen molar-refractivity contribution in [2.75, 3.05) is 39.0 Å². The van der Waals surface area contributed by atoms with E-state index in [1.807, 2.05) is 16.7 Å². The number of thioether (sulfide) groups is 1. The molecular weight excluding hydrogens is 296 g/mol. The average Bonchev–Trinajstić information content (AvgIpc) is 2.47. The molecule has 118 valence electrons. The van der Waals surface area contributed by atoms with Crippen LogP contribution in [0, 0.1) is 5.92 Å². The molecule has 0 spiro atoms. The van der Waals surface area contributed by atoms with Crippen molar-refractivity contribution < 1.29 is 9.53 Å². The second kappa shape index (κ2) is 7.87. The van der Waals surface area contributed by atoms with Crippen molar-refractivity contribution in [1.29, 1.82) is 0 Å². The number of rotatable bonds is 3. The number of piperidine rings is 1. The number of carbonyl (C=O) groups excluding carboxylic acids is 1. The van der Waals surface area contributed by atoms with E-state index in [9.17, 15) is 4.79 Å². The largest absolute Gasteiger partial charge is 0.368 e. The van der Waals surface area contributed by atoms with Crippen LogP contribution < -0.4 is 5.32 Å². The highest BCUT2D eigenvalue weighted by Gasteiger charge is 2.43. The SMILES string of the molecule is COC1(C(=O)N2CCSC(C(C)C)C2)CCNCC1.Cl. The maximum Gasteiger partial charge on any atom is 0.254 e. The van der Waals surface area contributed by atoms with Crippen LogP contribution in [0.25, 0.3) is 0 Å². The Morgan fingerprint density at radius 1 is 1.40 bits per heavy atom. The predicted octanol–water partition coefficient (Wildman–Crippen LogP) is 1.78. The fourth-order valence-corrected chi connectivity index (χ4v) is 4.19. The van der Waals surface area contributed by atoms with Gasteiger partial charge in [0.05, 0.1) is 0 Å². The Hall–Kier alpha value is 0.0300. The lowest BCUT2D eigenvalue weighted by molar-refractivity contribution is -0.158. The van der Waals surface area contributed by atoms with Gasteiger partial charge >= 0.3 is 0 Å². The van der Waals surface area contributed by atoms with Gasteiger partial charge in [-0.1, -0.05) is 13.8 Å². The second-order valence-electron chi connectivity index (χ2n) is 5.85. The third kappa shape index (κ3) is 3.81. The highest BCUT2D eigenvalue weighted by atomic mass is 35.5. The molecule has 2 aliphatic heterocycles. The molecule has 6 heteroatoms. The first-order valence-corrected chi connectivity index (χ1v) is 8.31. The third-order valence-corrected chi connectivity index (χ3v) is 5.86. The highest BCUT2D eigenvalue weighted by Crippen LogP contribution is 2.30. The Morgan fingerprint density at radius 3 is 2.60 bits per heavy atom. The summed E-state index contributed by atoms with van der Waals surface area (Å²) in [6.45, 7) is 7.96. The Morgan fingerprint density at radius 2 is 2.05 bits per heavy atom. The Bertz CT molecular complexity index is 322. The summed E-state index contributed by atoms with van der Waals surface area (Å²) in [6.07, 6.45) is 1.58. The summed E-state index contributed by atoms with van der Waals surface area (Å²) < 4.78 is 5.65. The molecule has 0 aromatic rings. The summed E-state index contributed by atoms with van der Waals surface area (Å²) in [5, 5.41) is 3.87. The van der Waals surface area contributed by atoms with Gasteiger partial charge in [-0.15, -0.1) is 12.4 Å². The normalized spacial score (nSPS) is 26.2. The average molecular weight is 323 g/mol. The zero-order chi connectivity index (χ0) is 13.9. The lowest BCUT2D eigenvalue weighted by atomic mass is 9.90. The van der Waals surface area contributed by atoms with Crippen molar-refractivity contribution in [3.63, 3.8) is 0 Å². The van der Waals surface area contributed by atoms with Crippen molar-refractivity contribution in [3.8, 4) is 0 Å². The molecular formula is C14H27ClN2O2S. The standard InChI is InChI=1S/C14H26N2O2S.ClH/c1-11(2)12-10-16(8-9-19-12)13(17)14(18-3)4-6-15-7-5-14;/h11-12,15H,4-10H2,1-3H3;1H. The van der Waals surface area contributed by atoms with Gasteiger partial charge in [0.2, 0.25) is 0 Å². The maximum absolute atomic E-state index is 12.8. The molecule has 2 saturated heterocycles. The number of carbonyl (C=O) groups is 1. The van der Waals surface area contributed by atoms with Crippen molar-refractivity contribution in [3.05, 3.63) is 0 Å². The molecule has 0 radical (unpaired) electrons. The first-order valence-electron chi connectivity index (χ1n) is 7.26. The zero-order valence-corrected chi connectivity index (χ0v) is 14.3. The van der Waals surface area contributed by atoms with Gasteiger partial charge in [-0.25, -0.2) is 0 Å². The van der Waals surface area contributed by atoms with Gasteiger partial charge in [-0.05, 0) is 31.8 Å². The minimum absolute atomic E-state index is 0. The summed E-state index contributed by atoms with van der Waals surface area (Å²) in [4.78, 5) is 14.9. The Kier molecular flexibility index (Phi) is 7.12. The van der Waals surface area contributed by atoms with Gasteiger partial charge in [0, 0.05) is 31.2 Å². The molecule has 1 atom stereocenters. The lowest BCUT2D eigenvalue weighted by Crippen LogP contribution is -2.57. The topological polar surface area (TPSA) is 41.6 Å². The first-order chi connectivity index (χ1) is 9.09. The molecule has 2 fully saturated rings. The molecule has 2 heterocycles. The fraction of sp³-hybridized carbons (Fsp3) is 0.929. The van der Waals surface area contributed by atoms with Crippen LogP contribution in [0.5, 0.6) is 0 Å². The van der Waals surface area contributed by atoms with Crippen LogP contribution in [-0.4, -0.2) is 60.7 Å².